The van der Waals surface area contributed by atoms with Crippen LogP contribution in [-0.2, 0) is 6.42 Å². The van der Waals surface area contributed by atoms with Crippen LogP contribution in [0.15, 0.2) is 36.4 Å². The van der Waals surface area contributed by atoms with Crippen molar-refractivity contribution < 1.29 is 9.59 Å². The molecule has 0 spiro atoms. The van der Waals surface area contributed by atoms with E-state index in [2.05, 4.69) is 31.9 Å². The first kappa shape index (κ1) is 14.7. The Morgan fingerprint density at radius 3 is 2.43 bits per heavy atom. The Morgan fingerprint density at radius 1 is 0.952 bits per heavy atom. The van der Waals surface area contributed by atoms with Crippen LogP contribution < -0.4 is 0 Å². The van der Waals surface area contributed by atoms with Crippen LogP contribution in [0.5, 0.6) is 0 Å². The largest absolute Gasteiger partial charge is 0.293 e. The van der Waals surface area contributed by atoms with Gasteiger partial charge in [0.05, 0.1) is 10.7 Å². The van der Waals surface area contributed by atoms with Crippen molar-refractivity contribution in [2.45, 2.75) is 6.42 Å². The van der Waals surface area contributed by atoms with E-state index in [0.29, 0.717) is 16.2 Å². The highest BCUT2D eigenvalue weighted by atomic mass is 79.9. The van der Waals surface area contributed by atoms with Gasteiger partial charge in [-0.2, -0.15) is 0 Å². The van der Waals surface area contributed by atoms with E-state index in [9.17, 15) is 9.59 Å². The second-order valence-corrected chi connectivity index (χ2v) is 6.12. The molecule has 0 atom stereocenters. The van der Waals surface area contributed by atoms with Gasteiger partial charge in [-0.3, -0.25) is 9.59 Å². The second kappa shape index (κ2) is 5.85. The van der Waals surface area contributed by atoms with Gasteiger partial charge in [0.15, 0.2) is 11.6 Å². The molecule has 1 aliphatic carbocycles. The molecule has 0 fully saturated rings. The Morgan fingerprint density at radius 2 is 1.71 bits per heavy atom. The van der Waals surface area contributed by atoms with Gasteiger partial charge in [-0.15, -0.1) is 0 Å². The van der Waals surface area contributed by atoms with Crippen molar-refractivity contribution >= 4 is 43.4 Å². The van der Waals surface area contributed by atoms with Crippen LogP contribution in [0.1, 0.15) is 31.8 Å². The second-order valence-electron chi connectivity index (χ2n) is 5.00. The number of fused-ring (bicyclic) bond motifs is 3. The Balaban J connectivity index is 2.14. The van der Waals surface area contributed by atoms with Gasteiger partial charge >= 0.3 is 0 Å². The number of carbonyl (C=O) groups excluding carboxylic acids is 2. The molecule has 2 aromatic rings. The summed E-state index contributed by atoms with van der Waals surface area (Å²) in [6.45, 7) is 0. The van der Waals surface area contributed by atoms with E-state index in [1.54, 1.807) is 0 Å². The molecule has 0 radical (unpaired) electrons. The quantitative estimate of drug-likeness (QED) is 0.474. The summed E-state index contributed by atoms with van der Waals surface area (Å²) < 4.78 is 0. The van der Waals surface area contributed by atoms with Crippen molar-refractivity contribution in [3.63, 3.8) is 0 Å². The fourth-order valence-electron chi connectivity index (χ4n) is 2.81. The maximum atomic E-state index is 12.1. The molecule has 0 bridgehead atoms. The molecule has 3 rings (SSSR count). The van der Waals surface area contributed by atoms with Crippen LogP contribution in [-0.4, -0.2) is 22.2 Å². The first-order valence-corrected chi connectivity index (χ1v) is 8.83. The van der Waals surface area contributed by atoms with E-state index >= 15 is 0 Å². The molecule has 0 N–H and O–H groups in total. The third-order valence-electron chi connectivity index (χ3n) is 3.77. The number of ketones is 2. The molecule has 0 amide bonds. The fourth-order valence-corrected chi connectivity index (χ4v) is 3.44. The van der Waals surface area contributed by atoms with E-state index in [0.717, 1.165) is 34.2 Å². The topological polar surface area (TPSA) is 34.1 Å². The molecule has 2 aromatic carbocycles. The molecule has 2 nitrogen and oxygen atoms in total. The summed E-state index contributed by atoms with van der Waals surface area (Å²) in [5.74, 6) is 0.158. The van der Waals surface area contributed by atoms with Gasteiger partial charge < -0.3 is 0 Å². The summed E-state index contributed by atoms with van der Waals surface area (Å²) in [6, 6.07) is 11.6. The number of hydrogen-bond donors (Lipinski definition) is 0. The zero-order valence-corrected chi connectivity index (χ0v) is 14.3. The molecule has 4 heteroatoms. The monoisotopic (exact) mass is 406 g/mol. The van der Waals surface area contributed by atoms with Gasteiger partial charge in [-0.1, -0.05) is 62.2 Å². The summed E-state index contributed by atoms with van der Waals surface area (Å²) in [5, 5.41) is 0.644. The predicted molar refractivity (Wildman–Crippen MR) is 90.9 cm³/mol. The average molecular weight is 408 g/mol. The van der Waals surface area contributed by atoms with Crippen molar-refractivity contribution in [3.05, 3.63) is 58.7 Å². The maximum Gasteiger partial charge on any atom is 0.174 e. The van der Waals surface area contributed by atoms with E-state index in [4.69, 9.17) is 0 Å². The van der Waals surface area contributed by atoms with Crippen molar-refractivity contribution in [1.82, 2.24) is 0 Å². The van der Waals surface area contributed by atoms with E-state index < -0.39 is 0 Å². The third kappa shape index (κ3) is 2.51. The lowest BCUT2D eigenvalue weighted by Crippen LogP contribution is -2.03. The Kier molecular flexibility index (Phi) is 4.09. The summed E-state index contributed by atoms with van der Waals surface area (Å²) in [7, 11) is 0. The van der Waals surface area contributed by atoms with Crippen LogP contribution in [0.4, 0.5) is 0 Å². The first-order valence-electron chi connectivity index (χ1n) is 6.59. The van der Waals surface area contributed by atoms with Crippen molar-refractivity contribution in [2.75, 3.05) is 10.7 Å². The van der Waals surface area contributed by atoms with Gasteiger partial charge in [0.2, 0.25) is 0 Å². The van der Waals surface area contributed by atoms with Gasteiger partial charge in [0.25, 0.3) is 0 Å². The minimum absolute atomic E-state index is 0.0746. The van der Waals surface area contributed by atoms with E-state index in [1.165, 1.54) is 0 Å². The summed E-state index contributed by atoms with van der Waals surface area (Å²) in [6.07, 6.45) is 0.775. The van der Waals surface area contributed by atoms with Gasteiger partial charge in [-0.25, -0.2) is 0 Å². The summed E-state index contributed by atoms with van der Waals surface area (Å²) >= 11 is 6.44. The molecular formula is C17H12Br2O2. The highest BCUT2D eigenvalue weighted by Gasteiger charge is 2.24. The molecule has 0 unspecified atom stereocenters. The number of Topliss-reactive ketones (excluding diaryl/α,β-unsaturated/α-hetero) is 2. The molecule has 0 saturated heterocycles. The van der Waals surface area contributed by atoms with Gasteiger partial charge in [-0.05, 0) is 34.7 Å². The molecule has 0 heterocycles. The first-order chi connectivity index (χ1) is 10.2. The number of carbonyl (C=O) groups is 2. The Bertz CT molecular complexity index is 750. The fraction of sp³-hybridized carbons (Fsp3) is 0.176. The molecular weight excluding hydrogens is 396 g/mol. The van der Waals surface area contributed by atoms with Crippen molar-refractivity contribution in [3.8, 4) is 11.1 Å². The SMILES string of the molecule is O=C(CBr)c1ccc2c(c1)Cc1cccc(C(=O)CBr)c1-2. The number of benzene rings is 2. The Hall–Kier alpha value is -1.26. The van der Waals surface area contributed by atoms with Crippen LogP contribution in [0.3, 0.4) is 0 Å². The lowest BCUT2D eigenvalue weighted by molar-refractivity contribution is 0.101. The zero-order chi connectivity index (χ0) is 15.0. The molecule has 0 aromatic heterocycles. The van der Waals surface area contributed by atoms with Crippen molar-refractivity contribution in [1.29, 1.82) is 0 Å². The number of hydrogen-bond acceptors (Lipinski definition) is 2. The van der Waals surface area contributed by atoms with Gasteiger partial charge in [0.1, 0.15) is 0 Å². The minimum Gasteiger partial charge on any atom is -0.293 e. The molecule has 1 aliphatic rings. The molecule has 106 valence electrons. The molecule has 21 heavy (non-hydrogen) atoms. The van der Waals surface area contributed by atoms with Crippen LogP contribution in [0, 0.1) is 0 Å². The molecule has 0 saturated carbocycles. The zero-order valence-electron chi connectivity index (χ0n) is 11.2. The van der Waals surface area contributed by atoms with E-state index in [-0.39, 0.29) is 11.6 Å². The molecule has 0 aliphatic heterocycles. The minimum atomic E-state index is 0.0746. The number of rotatable bonds is 4. The summed E-state index contributed by atoms with van der Waals surface area (Å²) in [4.78, 5) is 23.9. The maximum absolute atomic E-state index is 12.1. The number of alkyl halides is 2. The highest BCUT2D eigenvalue weighted by Crippen LogP contribution is 2.39. The Labute approximate surface area is 139 Å². The number of halogens is 2. The van der Waals surface area contributed by atoms with Crippen LogP contribution in [0.2, 0.25) is 0 Å². The smallest absolute Gasteiger partial charge is 0.174 e. The van der Waals surface area contributed by atoms with E-state index in [1.807, 2.05) is 36.4 Å². The summed E-state index contributed by atoms with van der Waals surface area (Å²) in [5.41, 5.74) is 5.83. The highest BCUT2D eigenvalue weighted by molar-refractivity contribution is 9.09. The lowest BCUT2D eigenvalue weighted by atomic mass is 9.96. The third-order valence-corrected chi connectivity index (χ3v) is 4.79. The van der Waals surface area contributed by atoms with Crippen molar-refractivity contribution in [2.24, 2.45) is 0 Å². The predicted octanol–water partition coefficient (Wildman–Crippen LogP) is 4.41. The lowest BCUT2D eigenvalue weighted by Gasteiger charge is -2.08. The van der Waals surface area contributed by atoms with Crippen LogP contribution >= 0.6 is 31.9 Å². The van der Waals surface area contributed by atoms with Crippen LogP contribution in [0.25, 0.3) is 11.1 Å². The van der Waals surface area contributed by atoms with Gasteiger partial charge in [0, 0.05) is 11.1 Å². The standard InChI is InChI=1S/C17H12Br2O2/c18-8-15(20)10-4-5-13-12(6-10)7-11-2-1-3-14(17(11)13)16(21)9-19/h1-6H,7-9H2. The normalized spacial score (nSPS) is 11.9. The average Bonchev–Trinajstić information content (AvgIpc) is 2.90.